The summed E-state index contributed by atoms with van der Waals surface area (Å²) in [6.07, 6.45) is 0. The number of carbonyl (C=O) groups excluding carboxylic acids is 2. The number of carbonyl (C=O) groups is 2. The van der Waals surface area contributed by atoms with Crippen LogP contribution in [0, 0.1) is 0 Å². The molecule has 1 fully saturated rings. The zero-order valence-corrected chi connectivity index (χ0v) is 13.2. The van der Waals surface area contributed by atoms with Gasteiger partial charge < -0.3 is 20.7 Å². The Hall–Kier alpha value is -2.94. The molecule has 1 aliphatic heterocycles. The first-order valence-electron chi connectivity index (χ1n) is 7.52. The predicted octanol–water partition coefficient (Wildman–Crippen LogP) is 0.280. The second-order valence-electron chi connectivity index (χ2n) is 5.37. The van der Waals surface area contributed by atoms with Crippen LogP contribution in [0.2, 0.25) is 0 Å². The molecule has 1 aromatic carbocycles. The maximum Gasteiger partial charge on any atom is 0.278 e. The lowest BCUT2D eigenvalue weighted by Gasteiger charge is -2.26. The molecule has 1 aliphatic rings. The number of ether oxygens (including phenoxy) is 1. The van der Waals surface area contributed by atoms with Crippen LogP contribution in [0.4, 0.5) is 11.5 Å². The fourth-order valence-corrected chi connectivity index (χ4v) is 2.44. The number of hydrogen-bond donors (Lipinski definition) is 2. The van der Waals surface area contributed by atoms with Gasteiger partial charge in [0.25, 0.3) is 5.91 Å². The Morgan fingerprint density at radius 2 is 1.88 bits per heavy atom. The first-order valence-corrected chi connectivity index (χ1v) is 7.52. The second kappa shape index (κ2) is 6.67. The van der Waals surface area contributed by atoms with Crippen molar-refractivity contribution in [2.75, 3.05) is 37.4 Å². The van der Waals surface area contributed by atoms with E-state index in [0.29, 0.717) is 37.7 Å². The van der Waals surface area contributed by atoms with E-state index in [0.717, 1.165) is 0 Å². The molecule has 2 heterocycles. The van der Waals surface area contributed by atoms with Crippen molar-refractivity contribution in [3.63, 3.8) is 0 Å². The van der Waals surface area contributed by atoms with Crippen LogP contribution in [0.3, 0.4) is 0 Å². The third kappa shape index (κ3) is 3.20. The summed E-state index contributed by atoms with van der Waals surface area (Å²) >= 11 is 0. The van der Waals surface area contributed by atoms with E-state index in [-0.39, 0.29) is 23.3 Å². The highest BCUT2D eigenvalue weighted by Crippen LogP contribution is 2.19. The third-order valence-electron chi connectivity index (χ3n) is 3.64. The number of nitrogens with two attached hydrogens (primary N) is 1. The summed E-state index contributed by atoms with van der Waals surface area (Å²) in [5, 5.41) is 10.6. The molecule has 9 nitrogen and oxygen atoms in total. The molecule has 9 heteroatoms. The van der Waals surface area contributed by atoms with Gasteiger partial charge in [-0.1, -0.05) is 5.21 Å². The monoisotopic (exact) mass is 330 g/mol. The predicted molar refractivity (Wildman–Crippen MR) is 86.8 cm³/mol. The van der Waals surface area contributed by atoms with Gasteiger partial charge in [0.15, 0.2) is 11.5 Å². The Balaban J connectivity index is 1.81. The van der Waals surface area contributed by atoms with Gasteiger partial charge in [0.05, 0.1) is 18.9 Å². The summed E-state index contributed by atoms with van der Waals surface area (Å²) in [5.41, 5.74) is 7.49. The van der Waals surface area contributed by atoms with Crippen LogP contribution >= 0.6 is 0 Å². The van der Waals surface area contributed by atoms with Crippen molar-refractivity contribution >= 4 is 23.3 Å². The van der Waals surface area contributed by atoms with Crippen molar-refractivity contribution in [2.24, 2.45) is 0 Å². The molecule has 3 rings (SSSR count). The number of rotatable bonds is 3. The number of benzene rings is 1. The molecule has 2 amide bonds. The van der Waals surface area contributed by atoms with Gasteiger partial charge in [0, 0.05) is 25.7 Å². The molecular weight excluding hydrogens is 312 g/mol. The van der Waals surface area contributed by atoms with Crippen LogP contribution in [0.1, 0.15) is 17.4 Å². The van der Waals surface area contributed by atoms with E-state index < -0.39 is 0 Å². The van der Waals surface area contributed by atoms with Gasteiger partial charge in [0.2, 0.25) is 5.91 Å². The number of nitrogens with zero attached hydrogens (tertiary/aromatic N) is 4. The van der Waals surface area contributed by atoms with Gasteiger partial charge in [-0.25, -0.2) is 0 Å². The number of amides is 2. The lowest BCUT2D eigenvalue weighted by Crippen LogP contribution is -2.41. The smallest absolute Gasteiger partial charge is 0.278 e. The van der Waals surface area contributed by atoms with E-state index in [4.69, 9.17) is 10.5 Å². The van der Waals surface area contributed by atoms with Gasteiger partial charge >= 0.3 is 0 Å². The molecule has 24 heavy (non-hydrogen) atoms. The van der Waals surface area contributed by atoms with Crippen molar-refractivity contribution in [1.82, 2.24) is 19.9 Å². The molecule has 1 aromatic heterocycles. The van der Waals surface area contributed by atoms with Crippen LogP contribution in [-0.4, -0.2) is 58.0 Å². The molecule has 0 unspecified atom stereocenters. The van der Waals surface area contributed by atoms with Crippen molar-refractivity contribution in [2.45, 2.75) is 6.92 Å². The van der Waals surface area contributed by atoms with E-state index >= 15 is 0 Å². The number of hydrogen-bond acceptors (Lipinski definition) is 6. The topological polar surface area (TPSA) is 115 Å². The van der Waals surface area contributed by atoms with Crippen LogP contribution in [0.25, 0.3) is 5.69 Å². The molecular formula is C15H18N6O3. The molecule has 0 spiro atoms. The molecule has 0 bridgehead atoms. The molecule has 0 radical (unpaired) electrons. The fraction of sp³-hybridized carbons (Fsp3) is 0.333. The Kier molecular flexibility index (Phi) is 4.43. The van der Waals surface area contributed by atoms with Crippen molar-refractivity contribution < 1.29 is 14.3 Å². The highest BCUT2D eigenvalue weighted by atomic mass is 16.5. The first-order chi connectivity index (χ1) is 11.6. The molecule has 126 valence electrons. The lowest BCUT2D eigenvalue weighted by molar-refractivity contribution is -0.114. The lowest BCUT2D eigenvalue weighted by atomic mass is 10.2. The second-order valence-corrected chi connectivity index (χ2v) is 5.37. The maximum absolute atomic E-state index is 12.5. The first kappa shape index (κ1) is 15.9. The number of anilines is 2. The van der Waals surface area contributed by atoms with E-state index in [1.165, 1.54) is 11.6 Å². The zero-order valence-electron chi connectivity index (χ0n) is 13.2. The Labute approximate surface area is 138 Å². The van der Waals surface area contributed by atoms with Crippen LogP contribution in [0.15, 0.2) is 24.3 Å². The number of aromatic nitrogens is 3. The van der Waals surface area contributed by atoms with Gasteiger partial charge in [-0.3, -0.25) is 9.59 Å². The quantitative estimate of drug-likeness (QED) is 0.835. The van der Waals surface area contributed by atoms with Gasteiger partial charge in [-0.05, 0) is 24.3 Å². The number of morpholine rings is 1. The van der Waals surface area contributed by atoms with E-state index in [9.17, 15) is 9.59 Å². The minimum absolute atomic E-state index is 0.128. The Morgan fingerprint density at radius 3 is 2.50 bits per heavy atom. The largest absolute Gasteiger partial charge is 0.382 e. The van der Waals surface area contributed by atoms with Crippen molar-refractivity contribution in [3.8, 4) is 5.69 Å². The molecule has 0 aliphatic carbocycles. The van der Waals surface area contributed by atoms with Gasteiger partial charge in [-0.2, -0.15) is 4.68 Å². The average Bonchev–Trinajstić information content (AvgIpc) is 2.97. The third-order valence-corrected chi connectivity index (χ3v) is 3.64. The molecule has 1 saturated heterocycles. The Bertz CT molecular complexity index is 749. The summed E-state index contributed by atoms with van der Waals surface area (Å²) in [4.78, 5) is 25.2. The van der Waals surface area contributed by atoms with E-state index in [1.807, 2.05) is 0 Å². The maximum atomic E-state index is 12.5. The summed E-state index contributed by atoms with van der Waals surface area (Å²) in [7, 11) is 0. The minimum atomic E-state index is -0.253. The average molecular weight is 330 g/mol. The van der Waals surface area contributed by atoms with Crippen LogP contribution in [-0.2, 0) is 9.53 Å². The molecule has 0 atom stereocenters. The molecule has 0 saturated carbocycles. The van der Waals surface area contributed by atoms with Crippen LogP contribution < -0.4 is 11.1 Å². The summed E-state index contributed by atoms with van der Waals surface area (Å²) < 4.78 is 6.63. The molecule has 2 aromatic rings. The van der Waals surface area contributed by atoms with Gasteiger partial charge in [0.1, 0.15) is 0 Å². The highest BCUT2D eigenvalue weighted by molar-refractivity contribution is 5.96. The van der Waals surface area contributed by atoms with Crippen molar-refractivity contribution in [3.05, 3.63) is 30.0 Å². The standard InChI is InChI=1S/C15H18N6O3/c1-10(22)17-11-2-4-12(5-3-11)21-14(16)13(18-19-21)15(23)20-6-8-24-9-7-20/h2-5H,6-9,16H2,1H3,(H,17,22). The normalized spacial score (nSPS) is 14.5. The summed E-state index contributed by atoms with van der Waals surface area (Å²) in [5.74, 6) is -0.225. The fourth-order valence-electron chi connectivity index (χ4n) is 2.44. The van der Waals surface area contributed by atoms with E-state index in [1.54, 1.807) is 29.2 Å². The SMILES string of the molecule is CC(=O)Nc1ccc(-n2nnc(C(=O)N3CCOCC3)c2N)cc1. The summed E-state index contributed by atoms with van der Waals surface area (Å²) in [6.45, 7) is 3.47. The van der Waals surface area contributed by atoms with Crippen LogP contribution in [0.5, 0.6) is 0 Å². The number of nitrogens with one attached hydrogen (secondary N) is 1. The highest BCUT2D eigenvalue weighted by Gasteiger charge is 2.25. The summed E-state index contributed by atoms with van der Waals surface area (Å²) in [6, 6.07) is 6.92. The Morgan fingerprint density at radius 1 is 1.21 bits per heavy atom. The van der Waals surface area contributed by atoms with Crippen molar-refractivity contribution in [1.29, 1.82) is 0 Å². The van der Waals surface area contributed by atoms with E-state index in [2.05, 4.69) is 15.6 Å². The minimum Gasteiger partial charge on any atom is -0.382 e. The zero-order chi connectivity index (χ0) is 17.1. The van der Waals surface area contributed by atoms with Gasteiger partial charge in [-0.15, -0.1) is 5.10 Å². The molecule has 3 N–H and O–H groups in total. The number of nitrogen functional groups attached to an aromatic ring is 1.